The molecule has 0 saturated carbocycles. The zero-order valence-corrected chi connectivity index (χ0v) is 19.4. The van der Waals surface area contributed by atoms with Crippen LogP contribution in [0.5, 0.6) is 6.01 Å². The van der Waals surface area contributed by atoms with Crippen LogP contribution in [0.25, 0.3) is 22.4 Å². The van der Waals surface area contributed by atoms with Crippen molar-refractivity contribution in [1.29, 1.82) is 0 Å². The maximum atomic E-state index is 14.7. The first-order valence-corrected chi connectivity index (χ1v) is 11.5. The molecule has 5 heterocycles. The number of fused-ring (bicyclic) bond motifs is 2. The van der Waals surface area contributed by atoms with Crippen molar-refractivity contribution in [3.8, 4) is 17.3 Å². The van der Waals surface area contributed by atoms with Crippen molar-refractivity contribution in [2.75, 3.05) is 18.5 Å². The lowest BCUT2D eigenvalue weighted by atomic mass is 10.1. The number of pyridine rings is 1. The van der Waals surface area contributed by atoms with Gasteiger partial charge in [-0.05, 0) is 17.7 Å². The summed E-state index contributed by atoms with van der Waals surface area (Å²) in [5.74, 6) is -1.83. The van der Waals surface area contributed by atoms with Gasteiger partial charge in [0.05, 0.1) is 41.7 Å². The van der Waals surface area contributed by atoms with Crippen LogP contribution in [0, 0.1) is 0 Å². The molecule has 0 spiro atoms. The molecule has 182 valence electrons. The van der Waals surface area contributed by atoms with Crippen LogP contribution < -0.4 is 10.1 Å². The van der Waals surface area contributed by atoms with E-state index in [4.69, 9.17) is 25.8 Å². The van der Waals surface area contributed by atoms with E-state index >= 15 is 0 Å². The van der Waals surface area contributed by atoms with E-state index in [-0.39, 0.29) is 19.2 Å². The summed E-state index contributed by atoms with van der Waals surface area (Å²) in [7, 11) is 1.90. The molecule has 2 aliphatic rings. The minimum Gasteiger partial charge on any atom is -0.456 e. The highest BCUT2D eigenvalue weighted by atomic mass is 35.5. The number of anilines is 1. The number of benzene rings is 1. The molecule has 2 aliphatic heterocycles. The number of alkyl halides is 1. The number of halogens is 2. The summed E-state index contributed by atoms with van der Waals surface area (Å²) in [5, 5.41) is 17.9. The quantitative estimate of drug-likeness (QED) is 0.370. The maximum Gasteiger partial charge on any atom is 0.296 e. The third-order valence-electron chi connectivity index (χ3n) is 6.19. The highest BCUT2D eigenvalue weighted by Gasteiger charge is 2.62. The molecule has 3 aromatic heterocycles. The molecule has 2 saturated heterocycles. The second-order valence-electron chi connectivity index (χ2n) is 8.53. The highest BCUT2D eigenvalue weighted by molar-refractivity contribution is 6.33. The second kappa shape index (κ2) is 8.45. The Bertz CT molecular complexity index is 1380. The van der Waals surface area contributed by atoms with Crippen molar-refractivity contribution in [3.63, 3.8) is 0 Å². The van der Waals surface area contributed by atoms with Gasteiger partial charge in [0.1, 0.15) is 11.9 Å². The standard InChI is InChI=1S/C23H22ClFN6O4/c1-31-16(12-5-3-2-4-6-12)7-13(30-31)9-26-20-14(24)8-15-21(28-20)29-22(27-15)35-17-10-34-23(25)18(32)11-33-19(17)23/h2-8,17-19,32H,9-11H2,1H3,(H2,26,27,28,29)/t17-,18-,19-,23-/m1/s1. The summed E-state index contributed by atoms with van der Waals surface area (Å²) in [6, 6.07) is 13.8. The molecule has 0 radical (unpaired) electrons. The molecule has 10 nitrogen and oxygen atoms in total. The van der Waals surface area contributed by atoms with E-state index in [0.717, 1.165) is 17.0 Å². The minimum absolute atomic E-state index is 0.0781. The normalized spacial score (nSPS) is 25.8. The molecule has 0 unspecified atom stereocenters. The van der Waals surface area contributed by atoms with Gasteiger partial charge in [-0.25, -0.2) is 9.37 Å². The van der Waals surface area contributed by atoms with Crippen LogP contribution in [0.1, 0.15) is 5.69 Å². The number of H-pyrrole nitrogens is 1. The van der Waals surface area contributed by atoms with E-state index in [1.54, 1.807) is 6.07 Å². The lowest BCUT2D eigenvalue weighted by Crippen LogP contribution is -2.43. The van der Waals surface area contributed by atoms with Gasteiger partial charge >= 0.3 is 0 Å². The zero-order chi connectivity index (χ0) is 24.2. The van der Waals surface area contributed by atoms with Crippen molar-refractivity contribution in [1.82, 2.24) is 24.7 Å². The number of nitrogens with zero attached hydrogens (tertiary/aromatic N) is 4. The fourth-order valence-corrected chi connectivity index (χ4v) is 4.65. The monoisotopic (exact) mass is 500 g/mol. The minimum atomic E-state index is -2.28. The first-order chi connectivity index (χ1) is 16.9. The van der Waals surface area contributed by atoms with Gasteiger partial charge in [-0.2, -0.15) is 10.1 Å². The van der Waals surface area contributed by atoms with Crippen LogP contribution in [0.15, 0.2) is 42.5 Å². The van der Waals surface area contributed by atoms with Gasteiger partial charge in [0.25, 0.3) is 11.9 Å². The highest BCUT2D eigenvalue weighted by Crippen LogP contribution is 2.40. The van der Waals surface area contributed by atoms with Crippen molar-refractivity contribution in [3.05, 3.63) is 53.2 Å². The smallest absolute Gasteiger partial charge is 0.296 e. The fourth-order valence-electron chi connectivity index (χ4n) is 4.43. The predicted molar refractivity (Wildman–Crippen MR) is 125 cm³/mol. The van der Waals surface area contributed by atoms with Gasteiger partial charge in [-0.1, -0.05) is 41.9 Å². The number of aromatic amines is 1. The molecule has 4 aromatic rings. The number of nitrogens with one attached hydrogen (secondary N) is 2. The van der Waals surface area contributed by atoms with Crippen LogP contribution in [0.2, 0.25) is 5.02 Å². The maximum absolute atomic E-state index is 14.7. The largest absolute Gasteiger partial charge is 0.456 e. The molecular formula is C23H22ClFN6O4. The first kappa shape index (κ1) is 22.2. The van der Waals surface area contributed by atoms with E-state index in [0.29, 0.717) is 28.5 Å². The number of imidazole rings is 1. The molecule has 1 aromatic carbocycles. The Balaban J connectivity index is 1.17. The molecule has 0 bridgehead atoms. The summed E-state index contributed by atoms with van der Waals surface area (Å²) in [6.45, 7) is 0.174. The predicted octanol–water partition coefficient (Wildman–Crippen LogP) is 2.83. The number of aliphatic hydroxyl groups is 1. The molecule has 3 N–H and O–H groups in total. The Morgan fingerprint density at radius 3 is 2.94 bits per heavy atom. The number of aromatic nitrogens is 5. The number of ether oxygens (including phenoxy) is 3. The Hall–Kier alpha value is -3.25. The Morgan fingerprint density at radius 1 is 1.29 bits per heavy atom. The molecule has 6 rings (SSSR count). The fraction of sp³-hybridized carbons (Fsp3) is 0.348. The average molecular weight is 501 g/mol. The topological polar surface area (TPSA) is 119 Å². The number of hydrogen-bond acceptors (Lipinski definition) is 8. The SMILES string of the molecule is Cn1nc(CNc2nc3nc(O[C@@H]4CO[C@]5(F)[C@H](O)CO[C@H]45)[nH]c3cc2Cl)cc1-c1ccccc1. The molecule has 2 fully saturated rings. The van der Waals surface area contributed by atoms with Crippen molar-refractivity contribution in [2.24, 2.45) is 7.05 Å². The van der Waals surface area contributed by atoms with Crippen molar-refractivity contribution >= 4 is 28.6 Å². The Labute approximate surface area is 204 Å². The van der Waals surface area contributed by atoms with Crippen LogP contribution in [0.4, 0.5) is 10.2 Å². The van der Waals surface area contributed by atoms with Crippen molar-refractivity contribution in [2.45, 2.75) is 30.7 Å². The number of aliphatic hydroxyl groups excluding tert-OH is 1. The lowest BCUT2D eigenvalue weighted by Gasteiger charge is -2.20. The molecule has 4 atom stereocenters. The summed E-state index contributed by atoms with van der Waals surface area (Å²) in [5.41, 5.74) is 3.82. The van der Waals surface area contributed by atoms with E-state index in [9.17, 15) is 9.50 Å². The number of hydrogen-bond donors (Lipinski definition) is 3. The van der Waals surface area contributed by atoms with E-state index < -0.39 is 24.2 Å². The molecule has 35 heavy (non-hydrogen) atoms. The molecule has 0 amide bonds. The summed E-state index contributed by atoms with van der Waals surface area (Å²) in [4.78, 5) is 11.8. The van der Waals surface area contributed by atoms with Gasteiger partial charge in [0.15, 0.2) is 17.9 Å². The zero-order valence-electron chi connectivity index (χ0n) is 18.6. The Morgan fingerprint density at radius 2 is 2.11 bits per heavy atom. The summed E-state index contributed by atoms with van der Waals surface area (Å²) in [6.07, 6.45) is -3.17. The summed E-state index contributed by atoms with van der Waals surface area (Å²) < 4.78 is 32.8. The molecular weight excluding hydrogens is 479 g/mol. The average Bonchev–Trinajstić information content (AvgIpc) is 3.57. The lowest BCUT2D eigenvalue weighted by molar-refractivity contribution is -0.169. The van der Waals surface area contributed by atoms with Gasteiger partial charge < -0.3 is 29.6 Å². The van der Waals surface area contributed by atoms with Gasteiger partial charge in [-0.3, -0.25) is 4.68 Å². The van der Waals surface area contributed by atoms with Crippen LogP contribution >= 0.6 is 11.6 Å². The van der Waals surface area contributed by atoms with Crippen LogP contribution in [-0.4, -0.2) is 67.2 Å². The van der Waals surface area contributed by atoms with Crippen molar-refractivity contribution < 1.29 is 23.7 Å². The van der Waals surface area contributed by atoms with Gasteiger partial charge in [0, 0.05) is 7.05 Å². The first-order valence-electron chi connectivity index (χ1n) is 11.1. The summed E-state index contributed by atoms with van der Waals surface area (Å²) >= 11 is 6.43. The number of aryl methyl sites for hydroxylation is 1. The van der Waals surface area contributed by atoms with Gasteiger partial charge in [-0.15, -0.1) is 0 Å². The third kappa shape index (κ3) is 3.90. The van der Waals surface area contributed by atoms with Crippen LogP contribution in [-0.2, 0) is 23.1 Å². The van der Waals surface area contributed by atoms with E-state index in [1.807, 2.05) is 48.1 Å². The van der Waals surface area contributed by atoms with Crippen LogP contribution in [0.3, 0.4) is 0 Å². The number of rotatable bonds is 6. The van der Waals surface area contributed by atoms with E-state index in [2.05, 4.69) is 25.4 Å². The second-order valence-corrected chi connectivity index (χ2v) is 8.94. The Kier molecular flexibility index (Phi) is 5.37. The van der Waals surface area contributed by atoms with Gasteiger partial charge in [0.2, 0.25) is 0 Å². The third-order valence-corrected chi connectivity index (χ3v) is 6.48. The van der Waals surface area contributed by atoms with E-state index in [1.165, 1.54) is 0 Å². The molecule has 12 heteroatoms. The molecule has 0 aliphatic carbocycles.